The summed E-state index contributed by atoms with van der Waals surface area (Å²) in [6.07, 6.45) is 4.08. The molecule has 1 aromatic carbocycles. The standard InChI is InChI=1S/C15H21N3S/c1-3-7-12(16-4-2)10-19-15-13-8-5-6-9-14(13)17-11-18-15/h5-6,8-9,11-12,16H,3-4,7,10H2,1-2H3. The van der Waals surface area contributed by atoms with E-state index in [2.05, 4.69) is 35.2 Å². The molecule has 0 radical (unpaired) electrons. The molecule has 102 valence electrons. The Balaban J connectivity index is 2.08. The van der Waals surface area contributed by atoms with Gasteiger partial charge in [0.1, 0.15) is 11.4 Å². The Morgan fingerprint density at radius 1 is 1.21 bits per heavy atom. The van der Waals surface area contributed by atoms with E-state index in [1.165, 1.54) is 12.8 Å². The van der Waals surface area contributed by atoms with Crippen LogP contribution in [0.2, 0.25) is 0 Å². The molecule has 2 aromatic rings. The van der Waals surface area contributed by atoms with Crippen LogP contribution in [0.5, 0.6) is 0 Å². The second kappa shape index (κ2) is 7.46. The average molecular weight is 275 g/mol. The minimum absolute atomic E-state index is 0.564. The maximum absolute atomic E-state index is 4.42. The monoisotopic (exact) mass is 275 g/mol. The summed E-state index contributed by atoms with van der Waals surface area (Å²) in [4.78, 5) is 8.72. The number of fused-ring (bicyclic) bond motifs is 1. The molecule has 0 amide bonds. The lowest BCUT2D eigenvalue weighted by atomic mass is 10.2. The summed E-state index contributed by atoms with van der Waals surface area (Å²) in [6, 6.07) is 8.76. The summed E-state index contributed by atoms with van der Waals surface area (Å²) in [6.45, 7) is 5.41. The summed E-state index contributed by atoms with van der Waals surface area (Å²) in [5.74, 6) is 1.06. The van der Waals surface area contributed by atoms with Crippen molar-refractivity contribution in [1.82, 2.24) is 15.3 Å². The molecule has 0 bridgehead atoms. The van der Waals surface area contributed by atoms with Crippen LogP contribution in [0.25, 0.3) is 10.9 Å². The Morgan fingerprint density at radius 3 is 2.84 bits per heavy atom. The zero-order chi connectivity index (χ0) is 13.5. The average Bonchev–Trinajstić information content (AvgIpc) is 2.45. The van der Waals surface area contributed by atoms with E-state index in [-0.39, 0.29) is 0 Å². The lowest BCUT2D eigenvalue weighted by Crippen LogP contribution is -2.30. The van der Waals surface area contributed by atoms with Crippen LogP contribution < -0.4 is 5.32 Å². The minimum Gasteiger partial charge on any atom is -0.313 e. The van der Waals surface area contributed by atoms with Crippen molar-refractivity contribution in [3.63, 3.8) is 0 Å². The molecule has 19 heavy (non-hydrogen) atoms. The van der Waals surface area contributed by atoms with Crippen LogP contribution in [0.15, 0.2) is 35.6 Å². The van der Waals surface area contributed by atoms with Gasteiger partial charge in [-0.3, -0.25) is 0 Å². The largest absolute Gasteiger partial charge is 0.313 e. The van der Waals surface area contributed by atoms with E-state index in [0.717, 1.165) is 28.2 Å². The van der Waals surface area contributed by atoms with Crippen LogP contribution in [0.1, 0.15) is 26.7 Å². The van der Waals surface area contributed by atoms with Gasteiger partial charge in [0.15, 0.2) is 0 Å². The second-order valence-corrected chi connectivity index (χ2v) is 5.56. The topological polar surface area (TPSA) is 37.8 Å². The van der Waals surface area contributed by atoms with Gasteiger partial charge < -0.3 is 5.32 Å². The number of nitrogens with zero attached hydrogens (tertiary/aromatic N) is 2. The molecule has 0 aliphatic heterocycles. The third-order valence-corrected chi connectivity index (χ3v) is 4.23. The van der Waals surface area contributed by atoms with Gasteiger partial charge in [-0.05, 0) is 19.0 Å². The Bertz CT molecular complexity index is 504. The molecule has 0 saturated heterocycles. The predicted molar refractivity (Wildman–Crippen MR) is 82.6 cm³/mol. The predicted octanol–water partition coefficient (Wildman–Crippen LogP) is 3.50. The van der Waals surface area contributed by atoms with E-state index in [1.54, 1.807) is 6.33 Å². The maximum atomic E-state index is 4.42. The van der Waals surface area contributed by atoms with Gasteiger partial charge in [-0.25, -0.2) is 9.97 Å². The zero-order valence-electron chi connectivity index (χ0n) is 11.6. The normalized spacial score (nSPS) is 12.7. The Hall–Kier alpha value is -1.13. The van der Waals surface area contributed by atoms with Gasteiger partial charge >= 0.3 is 0 Å². The van der Waals surface area contributed by atoms with Crippen molar-refractivity contribution in [2.45, 2.75) is 37.8 Å². The highest BCUT2D eigenvalue weighted by molar-refractivity contribution is 7.99. The molecule has 3 nitrogen and oxygen atoms in total. The van der Waals surface area contributed by atoms with Gasteiger partial charge in [0.05, 0.1) is 5.52 Å². The fourth-order valence-electron chi connectivity index (χ4n) is 2.16. The van der Waals surface area contributed by atoms with E-state index in [0.29, 0.717) is 6.04 Å². The number of thioether (sulfide) groups is 1. The zero-order valence-corrected chi connectivity index (χ0v) is 12.4. The van der Waals surface area contributed by atoms with E-state index in [4.69, 9.17) is 0 Å². The number of rotatable bonds is 7. The SMILES string of the molecule is CCCC(CSc1ncnc2ccccc12)NCC. The highest BCUT2D eigenvalue weighted by Crippen LogP contribution is 2.25. The van der Waals surface area contributed by atoms with Crippen molar-refractivity contribution in [1.29, 1.82) is 0 Å². The lowest BCUT2D eigenvalue weighted by Gasteiger charge is -2.16. The molecule has 1 atom stereocenters. The second-order valence-electron chi connectivity index (χ2n) is 4.55. The number of para-hydroxylation sites is 1. The third kappa shape index (κ3) is 3.91. The van der Waals surface area contributed by atoms with Crippen molar-refractivity contribution in [2.24, 2.45) is 0 Å². The Morgan fingerprint density at radius 2 is 2.05 bits per heavy atom. The molecule has 0 spiro atoms. The number of hydrogen-bond acceptors (Lipinski definition) is 4. The molecule has 0 saturated carbocycles. The third-order valence-electron chi connectivity index (χ3n) is 3.06. The van der Waals surface area contributed by atoms with E-state index in [9.17, 15) is 0 Å². The van der Waals surface area contributed by atoms with Crippen LogP contribution in [0, 0.1) is 0 Å². The van der Waals surface area contributed by atoms with Crippen molar-refractivity contribution in [3.05, 3.63) is 30.6 Å². The van der Waals surface area contributed by atoms with Gasteiger partial charge in [0, 0.05) is 17.2 Å². The molecule has 1 aromatic heterocycles. The highest BCUT2D eigenvalue weighted by Gasteiger charge is 2.09. The Labute approximate surface area is 119 Å². The van der Waals surface area contributed by atoms with Crippen molar-refractivity contribution < 1.29 is 0 Å². The molecule has 0 aliphatic rings. The summed E-state index contributed by atoms with van der Waals surface area (Å²) in [7, 11) is 0. The number of hydrogen-bond donors (Lipinski definition) is 1. The van der Waals surface area contributed by atoms with E-state index in [1.807, 2.05) is 30.0 Å². The maximum Gasteiger partial charge on any atom is 0.117 e. The van der Waals surface area contributed by atoms with Gasteiger partial charge in [-0.2, -0.15) is 0 Å². The first kappa shape index (κ1) is 14.3. The number of benzene rings is 1. The summed E-state index contributed by atoms with van der Waals surface area (Å²) in [5, 5.41) is 5.78. The molecule has 4 heteroatoms. The molecular weight excluding hydrogens is 254 g/mol. The van der Waals surface area contributed by atoms with Gasteiger partial charge in [-0.15, -0.1) is 11.8 Å². The fourth-order valence-corrected chi connectivity index (χ4v) is 3.25. The quantitative estimate of drug-likeness (QED) is 0.620. The molecule has 1 heterocycles. The van der Waals surface area contributed by atoms with Crippen LogP contribution in [0.3, 0.4) is 0 Å². The first-order chi connectivity index (χ1) is 9.35. The molecular formula is C15H21N3S. The first-order valence-corrected chi connectivity index (χ1v) is 7.89. The summed E-state index contributed by atoms with van der Waals surface area (Å²) < 4.78 is 0. The molecule has 0 aliphatic carbocycles. The van der Waals surface area contributed by atoms with Gasteiger partial charge in [-0.1, -0.05) is 38.5 Å². The van der Waals surface area contributed by atoms with Crippen molar-refractivity contribution in [3.8, 4) is 0 Å². The van der Waals surface area contributed by atoms with Gasteiger partial charge in [0.2, 0.25) is 0 Å². The van der Waals surface area contributed by atoms with Crippen LogP contribution in [-0.2, 0) is 0 Å². The summed E-state index contributed by atoms with van der Waals surface area (Å²) >= 11 is 1.82. The molecule has 2 rings (SSSR count). The number of aromatic nitrogens is 2. The summed E-state index contributed by atoms with van der Waals surface area (Å²) in [5.41, 5.74) is 1.02. The molecule has 1 unspecified atom stereocenters. The molecule has 0 fully saturated rings. The van der Waals surface area contributed by atoms with Gasteiger partial charge in [0.25, 0.3) is 0 Å². The first-order valence-electron chi connectivity index (χ1n) is 6.91. The fraction of sp³-hybridized carbons (Fsp3) is 0.467. The van der Waals surface area contributed by atoms with Crippen molar-refractivity contribution >= 4 is 22.7 Å². The Kier molecular flexibility index (Phi) is 5.61. The minimum atomic E-state index is 0.564. The number of nitrogens with one attached hydrogen (secondary N) is 1. The highest BCUT2D eigenvalue weighted by atomic mass is 32.2. The lowest BCUT2D eigenvalue weighted by molar-refractivity contribution is 0.531. The molecule has 1 N–H and O–H groups in total. The smallest absolute Gasteiger partial charge is 0.117 e. The van der Waals surface area contributed by atoms with Crippen molar-refractivity contribution in [2.75, 3.05) is 12.3 Å². The van der Waals surface area contributed by atoms with Crippen LogP contribution in [-0.4, -0.2) is 28.3 Å². The van der Waals surface area contributed by atoms with Crippen LogP contribution in [0.4, 0.5) is 0 Å². The van der Waals surface area contributed by atoms with E-state index < -0.39 is 0 Å². The van der Waals surface area contributed by atoms with E-state index >= 15 is 0 Å². The van der Waals surface area contributed by atoms with Crippen LogP contribution >= 0.6 is 11.8 Å².